The smallest absolute Gasteiger partial charge is 0.416 e. The zero-order valence-electron chi connectivity index (χ0n) is 15.7. The molecule has 0 radical (unpaired) electrons. The minimum Gasteiger partial charge on any atom is -0.449 e. The lowest BCUT2D eigenvalue weighted by Crippen LogP contribution is -2.29. The number of carbonyl (C=O) groups excluding carboxylic acids is 2. The number of hydrogen-bond acceptors (Lipinski definition) is 5. The molecular weight excluding hydrogens is 399 g/mol. The molecule has 0 aliphatic heterocycles. The van der Waals surface area contributed by atoms with E-state index < -0.39 is 29.7 Å². The van der Waals surface area contributed by atoms with E-state index in [9.17, 15) is 22.8 Å². The molecule has 3 rings (SSSR count). The Kier molecular flexibility index (Phi) is 6.10. The molecule has 1 heterocycles. The van der Waals surface area contributed by atoms with Crippen LogP contribution in [0.1, 0.15) is 18.2 Å². The van der Waals surface area contributed by atoms with Gasteiger partial charge in [0.25, 0.3) is 5.91 Å². The summed E-state index contributed by atoms with van der Waals surface area (Å²) in [6.07, 6.45) is -1.80. The van der Waals surface area contributed by atoms with Crippen LogP contribution in [0, 0.1) is 0 Å². The van der Waals surface area contributed by atoms with Crippen molar-refractivity contribution in [3.63, 3.8) is 0 Å². The maximum absolute atomic E-state index is 12.7. The number of aromatic nitrogens is 2. The normalized spacial score (nSPS) is 12.7. The Bertz CT molecular complexity index is 1110. The highest BCUT2D eigenvalue weighted by Crippen LogP contribution is 2.30. The van der Waals surface area contributed by atoms with E-state index in [1.165, 1.54) is 31.3 Å². The molecule has 1 atom stereocenters. The zero-order valence-corrected chi connectivity index (χ0v) is 15.7. The molecule has 0 unspecified atom stereocenters. The number of nitrogens with one attached hydrogen (secondary N) is 1. The first kappa shape index (κ1) is 21.0. The van der Waals surface area contributed by atoms with E-state index in [0.29, 0.717) is 16.7 Å². The van der Waals surface area contributed by atoms with E-state index in [1.807, 2.05) is 12.1 Å². The Hall–Kier alpha value is -3.75. The first-order valence-electron chi connectivity index (χ1n) is 8.81. The average molecular weight is 415 g/mol. The van der Waals surface area contributed by atoms with Gasteiger partial charge in [0.1, 0.15) is 0 Å². The number of amides is 1. The minimum atomic E-state index is -4.53. The molecule has 0 aliphatic rings. The molecule has 0 fully saturated rings. The number of carbonyl (C=O) groups is 2. The van der Waals surface area contributed by atoms with Gasteiger partial charge in [0.05, 0.1) is 28.5 Å². The number of para-hydroxylation sites is 2. The maximum Gasteiger partial charge on any atom is 0.416 e. The maximum atomic E-state index is 12.7. The number of fused-ring (bicyclic) bond motifs is 1. The zero-order chi connectivity index (χ0) is 21.7. The third kappa shape index (κ3) is 5.40. The van der Waals surface area contributed by atoms with E-state index in [-0.39, 0.29) is 5.69 Å². The molecule has 30 heavy (non-hydrogen) atoms. The summed E-state index contributed by atoms with van der Waals surface area (Å²) in [5.41, 5.74) is 0.828. The Morgan fingerprint density at radius 1 is 1.10 bits per heavy atom. The summed E-state index contributed by atoms with van der Waals surface area (Å²) in [7, 11) is 0. The molecule has 9 heteroatoms. The van der Waals surface area contributed by atoms with Gasteiger partial charge < -0.3 is 10.1 Å². The Morgan fingerprint density at radius 2 is 1.83 bits per heavy atom. The number of esters is 1. The summed E-state index contributed by atoms with van der Waals surface area (Å²) in [5.74, 6) is -1.57. The number of benzene rings is 2. The molecule has 0 aliphatic carbocycles. The SMILES string of the molecule is C[C@H](OC(=O)/C=C/c1cnc2ccccc2n1)C(=O)Nc1cccc(C(F)(F)F)c1. The van der Waals surface area contributed by atoms with Crippen molar-refractivity contribution in [3.8, 4) is 0 Å². The third-order valence-corrected chi connectivity index (χ3v) is 3.98. The van der Waals surface area contributed by atoms with Gasteiger partial charge in [-0.15, -0.1) is 0 Å². The van der Waals surface area contributed by atoms with Crippen LogP contribution in [-0.4, -0.2) is 27.9 Å². The van der Waals surface area contributed by atoms with Crippen molar-refractivity contribution in [2.45, 2.75) is 19.2 Å². The molecule has 1 amide bonds. The molecule has 1 aromatic heterocycles. The van der Waals surface area contributed by atoms with Gasteiger partial charge in [-0.2, -0.15) is 13.2 Å². The highest BCUT2D eigenvalue weighted by Gasteiger charge is 2.30. The van der Waals surface area contributed by atoms with Crippen molar-refractivity contribution in [2.75, 3.05) is 5.32 Å². The van der Waals surface area contributed by atoms with Gasteiger partial charge >= 0.3 is 12.1 Å². The van der Waals surface area contributed by atoms with E-state index >= 15 is 0 Å². The molecule has 6 nitrogen and oxygen atoms in total. The largest absolute Gasteiger partial charge is 0.449 e. The summed E-state index contributed by atoms with van der Waals surface area (Å²) in [5, 5.41) is 2.29. The topological polar surface area (TPSA) is 81.2 Å². The van der Waals surface area contributed by atoms with Crippen LogP contribution < -0.4 is 5.32 Å². The van der Waals surface area contributed by atoms with Crippen LogP contribution in [0.5, 0.6) is 0 Å². The first-order chi connectivity index (χ1) is 14.2. The summed E-state index contributed by atoms with van der Waals surface area (Å²) in [6.45, 7) is 1.31. The first-order valence-corrected chi connectivity index (χ1v) is 8.81. The fraction of sp³-hybridized carbons (Fsp3) is 0.143. The van der Waals surface area contributed by atoms with E-state index in [2.05, 4.69) is 15.3 Å². The predicted octanol–water partition coefficient (Wildman–Crippen LogP) is 4.23. The summed E-state index contributed by atoms with van der Waals surface area (Å²) < 4.78 is 43.2. The molecule has 3 aromatic rings. The molecule has 0 spiro atoms. The molecule has 0 saturated heterocycles. The van der Waals surface area contributed by atoms with Crippen molar-refractivity contribution in [3.05, 3.63) is 72.1 Å². The van der Waals surface area contributed by atoms with Crippen LogP contribution in [0.2, 0.25) is 0 Å². The second-order valence-corrected chi connectivity index (χ2v) is 6.26. The number of halogens is 3. The standard InChI is InChI=1S/C21H16F3N3O3/c1-13(20(29)27-15-6-4-5-14(11-15)21(22,23)24)30-19(28)10-9-16-12-25-17-7-2-3-8-18(17)26-16/h2-13H,1H3,(H,27,29)/b10-9+/t13-/m0/s1. The second-order valence-electron chi connectivity index (χ2n) is 6.26. The van der Waals surface area contributed by atoms with Crippen LogP contribution in [-0.2, 0) is 20.5 Å². The lowest BCUT2D eigenvalue weighted by molar-refractivity contribution is -0.148. The third-order valence-electron chi connectivity index (χ3n) is 3.98. The Morgan fingerprint density at radius 3 is 2.57 bits per heavy atom. The van der Waals surface area contributed by atoms with Crippen LogP contribution in [0.25, 0.3) is 17.1 Å². The van der Waals surface area contributed by atoms with Crippen LogP contribution in [0.15, 0.2) is 60.8 Å². The number of alkyl halides is 3. The van der Waals surface area contributed by atoms with Gasteiger partial charge in [-0.25, -0.2) is 9.78 Å². The van der Waals surface area contributed by atoms with Crippen LogP contribution >= 0.6 is 0 Å². The predicted molar refractivity (Wildman–Crippen MR) is 104 cm³/mol. The van der Waals surface area contributed by atoms with E-state index in [0.717, 1.165) is 18.2 Å². The van der Waals surface area contributed by atoms with Crippen molar-refractivity contribution in [1.82, 2.24) is 9.97 Å². The van der Waals surface area contributed by atoms with Crippen LogP contribution in [0.3, 0.4) is 0 Å². The minimum absolute atomic E-state index is 0.0558. The van der Waals surface area contributed by atoms with Crippen molar-refractivity contribution >= 4 is 34.7 Å². The van der Waals surface area contributed by atoms with E-state index in [4.69, 9.17) is 4.74 Å². The lowest BCUT2D eigenvalue weighted by Gasteiger charge is -2.13. The molecular formula is C21H16F3N3O3. The van der Waals surface area contributed by atoms with E-state index in [1.54, 1.807) is 12.1 Å². The van der Waals surface area contributed by atoms with Crippen molar-refractivity contribution in [1.29, 1.82) is 0 Å². The monoisotopic (exact) mass is 415 g/mol. The fourth-order valence-corrected chi connectivity index (χ4v) is 2.49. The van der Waals surface area contributed by atoms with Crippen molar-refractivity contribution in [2.24, 2.45) is 0 Å². The van der Waals surface area contributed by atoms with Gasteiger partial charge in [0.15, 0.2) is 6.10 Å². The highest BCUT2D eigenvalue weighted by atomic mass is 19.4. The molecule has 2 aromatic carbocycles. The molecule has 0 saturated carbocycles. The van der Waals surface area contributed by atoms with Gasteiger partial charge in [0.2, 0.25) is 0 Å². The number of hydrogen-bond donors (Lipinski definition) is 1. The van der Waals surface area contributed by atoms with Crippen LogP contribution in [0.4, 0.5) is 18.9 Å². The lowest BCUT2D eigenvalue weighted by atomic mass is 10.2. The molecule has 154 valence electrons. The Balaban J connectivity index is 1.59. The fourth-order valence-electron chi connectivity index (χ4n) is 2.49. The molecule has 0 bridgehead atoms. The van der Waals surface area contributed by atoms with Crippen molar-refractivity contribution < 1.29 is 27.5 Å². The highest BCUT2D eigenvalue weighted by molar-refractivity contribution is 5.96. The van der Waals surface area contributed by atoms with Gasteiger partial charge in [-0.1, -0.05) is 18.2 Å². The summed E-state index contributed by atoms with van der Waals surface area (Å²) in [6, 6.07) is 11.4. The van der Waals surface area contributed by atoms with Gasteiger partial charge in [-0.3, -0.25) is 9.78 Å². The quantitative estimate of drug-likeness (QED) is 0.498. The van der Waals surface area contributed by atoms with Gasteiger partial charge in [-0.05, 0) is 43.3 Å². The second kappa shape index (κ2) is 8.73. The number of nitrogens with zero attached hydrogens (tertiary/aromatic N) is 2. The Labute approximate surface area is 169 Å². The van der Waals surface area contributed by atoms with Gasteiger partial charge in [0, 0.05) is 11.8 Å². The molecule has 1 N–H and O–H groups in total. The number of rotatable bonds is 5. The summed E-state index contributed by atoms with van der Waals surface area (Å²) >= 11 is 0. The summed E-state index contributed by atoms with van der Waals surface area (Å²) in [4.78, 5) is 32.6. The number of ether oxygens (including phenoxy) is 1. The number of anilines is 1. The average Bonchev–Trinajstić information content (AvgIpc) is 2.71.